The van der Waals surface area contributed by atoms with Crippen LogP contribution in [0.1, 0.15) is 25.4 Å². The summed E-state index contributed by atoms with van der Waals surface area (Å²) in [7, 11) is 0. The van der Waals surface area contributed by atoms with Gasteiger partial charge in [0, 0.05) is 17.6 Å². The summed E-state index contributed by atoms with van der Waals surface area (Å²) in [6, 6.07) is 12.9. The number of rotatable bonds is 7. The molecule has 158 valence electrons. The summed E-state index contributed by atoms with van der Waals surface area (Å²) in [5.74, 6) is 0.617. The molecule has 0 bridgehead atoms. The third-order valence-electron chi connectivity index (χ3n) is 4.59. The molecule has 3 heterocycles. The van der Waals surface area contributed by atoms with Crippen LogP contribution in [-0.2, 0) is 17.8 Å². The highest BCUT2D eigenvalue weighted by atomic mass is 35.5. The van der Waals surface area contributed by atoms with Gasteiger partial charge in [-0.2, -0.15) is 0 Å². The normalized spacial score (nSPS) is 11.1. The van der Waals surface area contributed by atoms with E-state index in [4.69, 9.17) is 16.0 Å². The minimum absolute atomic E-state index is 0.0444. The Morgan fingerprint density at radius 3 is 2.71 bits per heavy atom. The van der Waals surface area contributed by atoms with Crippen LogP contribution in [0.3, 0.4) is 0 Å². The summed E-state index contributed by atoms with van der Waals surface area (Å²) in [6.07, 6.45) is 1.91. The van der Waals surface area contributed by atoms with E-state index in [2.05, 4.69) is 20.2 Å². The topological polar surface area (TPSA) is 85.0 Å². The second-order valence-electron chi connectivity index (χ2n) is 7.13. The van der Waals surface area contributed by atoms with Crippen LogP contribution < -0.4 is 0 Å². The van der Waals surface area contributed by atoms with Crippen LogP contribution in [0.2, 0.25) is 5.02 Å². The van der Waals surface area contributed by atoms with Gasteiger partial charge in [0.15, 0.2) is 0 Å². The number of carbonyl (C=O) groups is 1. The Morgan fingerprint density at radius 2 is 1.97 bits per heavy atom. The van der Waals surface area contributed by atoms with E-state index < -0.39 is 0 Å². The molecule has 9 heteroatoms. The highest BCUT2D eigenvalue weighted by Crippen LogP contribution is 2.27. The Bertz CT molecular complexity index is 1180. The summed E-state index contributed by atoms with van der Waals surface area (Å²) in [6.45, 7) is 4.11. The number of nitrogens with zero attached hydrogens (tertiary/aromatic N) is 5. The number of amides is 1. The van der Waals surface area contributed by atoms with E-state index in [1.54, 1.807) is 17.2 Å². The lowest BCUT2D eigenvalue weighted by Gasteiger charge is -2.24. The van der Waals surface area contributed by atoms with Crippen molar-refractivity contribution in [2.45, 2.75) is 32.9 Å². The third-order valence-corrected chi connectivity index (χ3v) is 5.83. The predicted molar refractivity (Wildman–Crippen MR) is 119 cm³/mol. The number of aromatic nitrogens is 4. The molecule has 31 heavy (non-hydrogen) atoms. The number of benzene rings is 1. The molecule has 0 atom stereocenters. The SMILES string of the molecule is CC(C)N(Cc1nnc(-c2ccccc2Cl)o1)C(=O)Cc1csc(-c2ccccn2)n1. The first-order valence-electron chi connectivity index (χ1n) is 9.74. The molecule has 1 aromatic carbocycles. The standard InChI is InChI=1S/C22H20ClN5O2S/c1-14(2)28(12-19-26-27-21(30-19)16-7-3-4-8-17(16)23)20(29)11-15-13-31-22(25-15)18-9-5-6-10-24-18/h3-10,13-14H,11-12H2,1-2H3. The van der Waals surface area contributed by atoms with Crippen LogP contribution in [0, 0.1) is 0 Å². The van der Waals surface area contributed by atoms with Gasteiger partial charge in [-0.3, -0.25) is 9.78 Å². The molecule has 0 spiro atoms. The van der Waals surface area contributed by atoms with Crippen molar-refractivity contribution >= 4 is 28.8 Å². The van der Waals surface area contributed by atoms with E-state index in [1.807, 2.05) is 55.6 Å². The molecule has 7 nitrogen and oxygen atoms in total. The maximum atomic E-state index is 13.0. The van der Waals surface area contributed by atoms with Gasteiger partial charge >= 0.3 is 0 Å². The van der Waals surface area contributed by atoms with Crippen LogP contribution in [0.5, 0.6) is 0 Å². The molecular weight excluding hydrogens is 434 g/mol. The van der Waals surface area contributed by atoms with Gasteiger partial charge in [0.05, 0.1) is 34.9 Å². The second kappa shape index (κ2) is 9.36. The molecule has 0 unspecified atom stereocenters. The fraction of sp³-hybridized carbons (Fsp3) is 0.227. The number of hydrogen-bond acceptors (Lipinski definition) is 7. The van der Waals surface area contributed by atoms with E-state index in [-0.39, 0.29) is 24.9 Å². The van der Waals surface area contributed by atoms with Gasteiger partial charge in [0.2, 0.25) is 17.7 Å². The van der Waals surface area contributed by atoms with Gasteiger partial charge in [0.1, 0.15) is 5.01 Å². The van der Waals surface area contributed by atoms with E-state index in [0.717, 1.165) is 10.7 Å². The van der Waals surface area contributed by atoms with Crippen LogP contribution in [0.4, 0.5) is 0 Å². The van der Waals surface area contributed by atoms with Crippen molar-refractivity contribution in [2.75, 3.05) is 0 Å². The number of carbonyl (C=O) groups excluding carboxylic acids is 1. The smallest absolute Gasteiger partial charge is 0.249 e. The highest BCUT2D eigenvalue weighted by Gasteiger charge is 2.22. The molecule has 0 saturated heterocycles. The zero-order valence-electron chi connectivity index (χ0n) is 17.0. The van der Waals surface area contributed by atoms with Gasteiger partial charge in [-0.15, -0.1) is 21.5 Å². The Balaban J connectivity index is 1.46. The van der Waals surface area contributed by atoms with Gasteiger partial charge in [-0.25, -0.2) is 4.98 Å². The molecule has 0 aliphatic rings. The largest absolute Gasteiger partial charge is 0.419 e. The summed E-state index contributed by atoms with van der Waals surface area (Å²) in [4.78, 5) is 23.6. The fourth-order valence-electron chi connectivity index (χ4n) is 3.02. The van der Waals surface area contributed by atoms with E-state index >= 15 is 0 Å². The second-order valence-corrected chi connectivity index (χ2v) is 8.40. The average Bonchev–Trinajstić information content (AvgIpc) is 3.42. The van der Waals surface area contributed by atoms with Gasteiger partial charge in [0.25, 0.3) is 0 Å². The Labute approximate surface area is 188 Å². The molecule has 4 rings (SSSR count). The molecule has 4 aromatic rings. The lowest BCUT2D eigenvalue weighted by molar-refractivity contribution is -0.133. The molecule has 0 radical (unpaired) electrons. The minimum Gasteiger partial charge on any atom is -0.419 e. The molecule has 0 N–H and O–H groups in total. The Hall–Kier alpha value is -3.10. The van der Waals surface area contributed by atoms with E-state index in [1.165, 1.54) is 11.3 Å². The van der Waals surface area contributed by atoms with Gasteiger partial charge in [-0.1, -0.05) is 29.8 Å². The van der Waals surface area contributed by atoms with Gasteiger partial charge < -0.3 is 9.32 Å². The molecule has 0 aliphatic heterocycles. The first-order valence-corrected chi connectivity index (χ1v) is 11.0. The maximum absolute atomic E-state index is 13.0. The van der Waals surface area contributed by atoms with Crippen molar-refractivity contribution in [1.29, 1.82) is 0 Å². The Morgan fingerprint density at radius 1 is 1.16 bits per heavy atom. The number of thiazole rings is 1. The molecule has 0 saturated carbocycles. The van der Waals surface area contributed by atoms with Crippen molar-refractivity contribution in [3.8, 4) is 22.2 Å². The molecule has 0 fully saturated rings. The molecular formula is C22H20ClN5O2S. The first-order chi connectivity index (χ1) is 15.0. The summed E-state index contributed by atoms with van der Waals surface area (Å²) >= 11 is 7.68. The zero-order valence-corrected chi connectivity index (χ0v) is 18.6. The lowest BCUT2D eigenvalue weighted by atomic mass is 10.2. The summed E-state index contributed by atoms with van der Waals surface area (Å²) < 4.78 is 5.77. The fourth-order valence-corrected chi connectivity index (χ4v) is 4.03. The monoisotopic (exact) mass is 453 g/mol. The van der Waals surface area contributed by atoms with Crippen molar-refractivity contribution in [3.05, 3.63) is 70.6 Å². The summed E-state index contributed by atoms with van der Waals surface area (Å²) in [5, 5.41) is 11.4. The molecule has 3 aromatic heterocycles. The predicted octanol–water partition coefficient (Wildman–Crippen LogP) is 4.89. The quantitative estimate of drug-likeness (QED) is 0.396. The van der Waals surface area contributed by atoms with Crippen molar-refractivity contribution in [3.63, 3.8) is 0 Å². The van der Waals surface area contributed by atoms with Crippen LogP contribution in [0.25, 0.3) is 22.2 Å². The van der Waals surface area contributed by atoms with Crippen molar-refractivity contribution in [2.24, 2.45) is 0 Å². The van der Waals surface area contributed by atoms with Crippen LogP contribution in [0.15, 0.2) is 58.5 Å². The van der Waals surface area contributed by atoms with Gasteiger partial charge in [-0.05, 0) is 38.1 Å². The van der Waals surface area contributed by atoms with Crippen LogP contribution >= 0.6 is 22.9 Å². The minimum atomic E-state index is -0.0645. The van der Waals surface area contributed by atoms with E-state index in [9.17, 15) is 4.79 Å². The Kier molecular flexibility index (Phi) is 6.39. The number of pyridine rings is 1. The zero-order chi connectivity index (χ0) is 21.8. The lowest BCUT2D eigenvalue weighted by Crippen LogP contribution is -2.37. The summed E-state index contributed by atoms with van der Waals surface area (Å²) in [5.41, 5.74) is 2.17. The molecule has 1 amide bonds. The average molecular weight is 454 g/mol. The van der Waals surface area contributed by atoms with E-state index in [0.29, 0.717) is 28.1 Å². The number of hydrogen-bond donors (Lipinski definition) is 0. The highest BCUT2D eigenvalue weighted by molar-refractivity contribution is 7.13. The number of halogens is 1. The maximum Gasteiger partial charge on any atom is 0.249 e. The third kappa shape index (κ3) is 4.98. The van der Waals surface area contributed by atoms with Crippen LogP contribution in [-0.4, -0.2) is 37.0 Å². The molecule has 0 aliphatic carbocycles. The first kappa shape index (κ1) is 21.1. The van der Waals surface area contributed by atoms with Crippen molar-refractivity contribution < 1.29 is 9.21 Å². The van der Waals surface area contributed by atoms with Crippen molar-refractivity contribution in [1.82, 2.24) is 25.1 Å².